The molecule has 23 heavy (non-hydrogen) atoms. The number of benzene rings is 1. The summed E-state index contributed by atoms with van der Waals surface area (Å²) in [4.78, 5) is 12.2. The standard InChI is InChI=1S/C15H18N2O5S/c18-15(14-11-21-9-10-22-14)16-12-3-5-13(6-4-12)23(19,20)17-7-1-2-8-17/h3-6,11H,1-2,7-10H2,(H,16,18). The SMILES string of the molecule is O=C(Nc1ccc(S(=O)(=O)N2CCCC2)cc1)C1=COCCO1. The van der Waals surface area contributed by atoms with Gasteiger partial charge in [-0.2, -0.15) is 4.31 Å². The lowest BCUT2D eigenvalue weighted by Crippen LogP contribution is -2.27. The van der Waals surface area contributed by atoms with Gasteiger partial charge in [-0.1, -0.05) is 0 Å². The van der Waals surface area contributed by atoms with Crippen LogP contribution >= 0.6 is 0 Å². The van der Waals surface area contributed by atoms with Crippen LogP contribution < -0.4 is 5.32 Å². The van der Waals surface area contributed by atoms with Crippen LogP contribution in [0, 0.1) is 0 Å². The van der Waals surface area contributed by atoms with Crippen molar-refractivity contribution in [2.75, 3.05) is 31.6 Å². The Morgan fingerprint density at radius 1 is 1.09 bits per heavy atom. The molecule has 2 aliphatic heterocycles. The minimum absolute atomic E-state index is 0.102. The summed E-state index contributed by atoms with van der Waals surface area (Å²) in [5.74, 6) is -0.329. The van der Waals surface area contributed by atoms with Gasteiger partial charge < -0.3 is 14.8 Å². The number of carbonyl (C=O) groups excluding carboxylic acids is 1. The number of anilines is 1. The van der Waals surface area contributed by atoms with Gasteiger partial charge in [-0.3, -0.25) is 4.79 Å². The van der Waals surface area contributed by atoms with Crippen LogP contribution in [0.25, 0.3) is 0 Å². The van der Waals surface area contributed by atoms with Crippen LogP contribution in [0.3, 0.4) is 0 Å². The van der Waals surface area contributed by atoms with Crippen LogP contribution in [0.5, 0.6) is 0 Å². The Morgan fingerprint density at radius 3 is 2.39 bits per heavy atom. The summed E-state index contributed by atoms with van der Waals surface area (Å²) in [6, 6.07) is 6.11. The highest BCUT2D eigenvalue weighted by atomic mass is 32.2. The number of amides is 1. The molecule has 2 aliphatic rings. The van der Waals surface area contributed by atoms with Crippen molar-refractivity contribution in [2.45, 2.75) is 17.7 Å². The summed E-state index contributed by atoms with van der Waals surface area (Å²) < 4.78 is 36.5. The molecular formula is C15H18N2O5S. The zero-order chi connectivity index (χ0) is 16.3. The molecule has 8 heteroatoms. The van der Waals surface area contributed by atoms with E-state index in [0.29, 0.717) is 32.0 Å². The van der Waals surface area contributed by atoms with Crippen molar-refractivity contribution in [3.8, 4) is 0 Å². The molecule has 7 nitrogen and oxygen atoms in total. The van der Waals surface area contributed by atoms with Crippen LogP contribution in [0.4, 0.5) is 5.69 Å². The second-order valence-corrected chi connectivity index (χ2v) is 7.23. The van der Waals surface area contributed by atoms with Crippen molar-refractivity contribution in [1.29, 1.82) is 0 Å². The van der Waals surface area contributed by atoms with E-state index in [9.17, 15) is 13.2 Å². The fourth-order valence-corrected chi connectivity index (χ4v) is 3.98. The first-order valence-corrected chi connectivity index (χ1v) is 8.87. The molecule has 0 unspecified atom stereocenters. The van der Waals surface area contributed by atoms with Gasteiger partial charge in [-0.15, -0.1) is 0 Å². The molecular weight excluding hydrogens is 320 g/mol. The molecule has 0 bridgehead atoms. The molecule has 0 saturated carbocycles. The van der Waals surface area contributed by atoms with Crippen LogP contribution in [0.2, 0.25) is 0 Å². The van der Waals surface area contributed by atoms with Crippen LogP contribution in [0.1, 0.15) is 12.8 Å². The van der Waals surface area contributed by atoms with Crippen molar-refractivity contribution in [3.05, 3.63) is 36.3 Å². The van der Waals surface area contributed by atoms with E-state index < -0.39 is 15.9 Å². The monoisotopic (exact) mass is 338 g/mol. The third-order valence-electron chi connectivity index (χ3n) is 3.69. The number of rotatable bonds is 4. The Balaban J connectivity index is 1.69. The molecule has 3 rings (SSSR count). The van der Waals surface area contributed by atoms with E-state index in [-0.39, 0.29) is 10.7 Å². The smallest absolute Gasteiger partial charge is 0.294 e. The van der Waals surface area contributed by atoms with Gasteiger partial charge in [-0.25, -0.2) is 8.42 Å². The van der Waals surface area contributed by atoms with E-state index in [1.54, 1.807) is 12.1 Å². The minimum atomic E-state index is -3.44. The zero-order valence-electron chi connectivity index (χ0n) is 12.5. The molecule has 1 N–H and O–H groups in total. The van der Waals surface area contributed by atoms with Gasteiger partial charge in [0.05, 0.1) is 4.90 Å². The van der Waals surface area contributed by atoms with Gasteiger partial charge in [-0.05, 0) is 37.1 Å². The summed E-state index contributed by atoms with van der Waals surface area (Å²) >= 11 is 0. The predicted molar refractivity (Wildman–Crippen MR) is 83.1 cm³/mol. The normalized spacial score (nSPS) is 18.7. The van der Waals surface area contributed by atoms with Crippen molar-refractivity contribution < 1.29 is 22.7 Å². The molecule has 1 aromatic rings. The van der Waals surface area contributed by atoms with Gasteiger partial charge in [0, 0.05) is 18.8 Å². The molecule has 1 fully saturated rings. The lowest BCUT2D eigenvalue weighted by Gasteiger charge is -2.16. The van der Waals surface area contributed by atoms with E-state index in [4.69, 9.17) is 9.47 Å². The lowest BCUT2D eigenvalue weighted by atomic mass is 10.3. The molecule has 124 valence electrons. The molecule has 1 saturated heterocycles. The molecule has 1 aromatic carbocycles. The van der Waals surface area contributed by atoms with Crippen LogP contribution in [0.15, 0.2) is 41.2 Å². The fraction of sp³-hybridized carbons (Fsp3) is 0.400. The predicted octanol–water partition coefficient (Wildman–Crippen LogP) is 1.30. The molecule has 2 heterocycles. The summed E-state index contributed by atoms with van der Waals surface area (Å²) in [5.41, 5.74) is 0.491. The average Bonchev–Trinajstić information content (AvgIpc) is 3.11. The Kier molecular flexibility index (Phi) is 4.53. The second kappa shape index (κ2) is 6.59. The highest BCUT2D eigenvalue weighted by molar-refractivity contribution is 7.89. The molecule has 0 radical (unpaired) electrons. The first-order valence-electron chi connectivity index (χ1n) is 7.43. The first-order chi connectivity index (χ1) is 11.1. The zero-order valence-corrected chi connectivity index (χ0v) is 13.3. The molecule has 0 aliphatic carbocycles. The minimum Gasteiger partial charge on any atom is -0.494 e. The number of nitrogens with one attached hydrogen (secondary N) is 1. The Bertz CT molecular complexity index is 706. The summed E-state index contributed by atoms with van der Waals surface area (Å²) in [6.45, 7) is 1.87. The number of nitrogens with zero attached hydrogens (tertiary/aromatic N) is 1. The Labute approximate surface area is 134 Å². The van der Waals surface area contributed by atoms with E-state index in [0.717, 1.165) is 12.8 Å². The van der Waals surface area contributed by atoms with E-state index >= 15 is 0 Å². The van der Waals surface area contributed by atoms with Crippen molar-refractivity contribution in [2.24, 2.45) is 0 Å². The van der Waals surface area contributed by atoms with Crippen molar-refractivity contribution >= 4 is 21.6 Å². The third-order valence-corrected chi connectivity index (χ3v) is 5.60. The van der Waals surface area contributed by atoms with Gasteiger partial charge in [0.15, 0.2) is 0 Å². The van der Waals surface area contributed by atoms with Crippen molar-refractivity contribution in [3.63, 3.8) is 0 Å². The number of hydrogen-bond donors (Lipinski definition) is 1. The summed E-state index contributed by atoms with van der Waals surface area (Å²) in [7, 11) is -3.44. The second-order valence-electron chi connectivity index (χ2n) is 5.29. The molecule has 0 aromatic heterocycles. The highest BCUT2D eigenvalue weighted by Crippen LogP contribution is 2.22. The van der Waals surface area contributed by atoms with Crippen LogP contribution in [-0.4, -0.2) is 44.9 Å². The molecule has 1 amide bonds. The van der Waals surface area contributed by atoms with Gasteiger partial charge in [0.1, 0.15) is 19.5 Å². The maximum absolute atomic E-state index is 12.4. The maximum atomic E-state index is 12.4. The first kappa shape index (κ1) is 15.8. The molecule has 0 atom stereocenters. The third kappa shape index (κ3) is 3.48. The Morgan fingerprint density at radius 2 is 1.78 bits per heavy atom. The Hall–Kier alpha value is -2.06. The average molecular weight is 338 g/mol. The van der Waals surface area contributed by atoms with E-state index in [1.807, 2.05) is 0 Å². The summed E-state index contributed by atoms with van der Waals surface area (Å²) in [5, 5.41) is 2.64. The lowest BCUT2D eigenvalue weighted by molar-refractivity contribution is -0.117. The number of carbonyl (C=O) groups is 1. The topological polar surface area (TPSA) is 84.9 Å². The van der Waals surface area contributed by atoms with Crippen molar-refractivity contribution in [1.82, 2.24) is 4.31 Å². The van der Waals surface area contributed by atoms with Crippen LogP contribution in [-0.2, 0) is 24.3 Å². The number of sulfonamides is 1. The molecule has 0 spiro atoms. The maximum Gasteiger partial charge on any atom is 0.294 e. The quantitative estimate of drug-likeness (QED) is 0.894. The van der Waals surface area contributed by atoms with E-state index in [1.165, 1.54) is 22.7 Å². The number of hydrogen-bond acceptors (Lipinski definition) is 5. The summed E-state index contributed by atoms with van der Waals surface area (Å²) in [6.07, 6.45) is 3.06. The van der Waals surface area contributed by atoms with E-state index in [2.05, 4.69) is 5.32 Å². The fourth-order valence-electron chi connectivity index (χ4n) is 2.47. The number of ether oxygens (including phenoxy) is 2. The van der Waals surface area contributed by atoms with Gasteiger partial charge in [0.2, 0.25) is 15.8 Å². The van der Waals surface area contributed by atoms with Gasteiger partial charge in [0.25, 0.3) is 5.91 Å². The highest BCUT2D eigenvalue weighted by Gasteiger charge is 2.27. The largest absolute Gasteiger partial charge is 0.494 e. The van der Waals surface area contributed by atoms with Gasteiger partial charge >= 0.3 is 0 Å².